The van der Waals surface area contributed by atoms with Crippen molar-refractivity contribution >= 4 is 17.7 Å². The highest BCUT2D eigenvalue weighted by Crippen LogP contribution is 2.36. The minimum atomic E-state index is 0.0745. The summed E-state index contributed by atoms with van der Waals surface area (Å²) in [6.45, 7) is 10.8. The maximum absolute atomic E-state index is 12.8. The quantitative estimate of drug-likeness (QED) is 0.456. The second kappa shape index (κ2) is 10.2. The molecule has 0 spiro atoms. The van der Waals surface area contributed by atoms with Gasteiger partial charge in [0.2, 0.25) is 5.91 Å². The van der Waals surface area contributed by atoms with Crippen LogP contribution in [0.2, 0.25) is 0 Å². The maximum atomic E-state index is 12.8. The van der Waals surface area contributed by atoms with Crippen LogP contribution in [0.4, 0.5) is 5.69 Å². The average molecular weight is 445 g/mol. The van der Waals surface area contributed by atoms with Gasteiger partial charge in [0, 0.05) is 23.3 Å². The Kier molecular flexibility index (Phi) is 7.26. The zero-order chi connectivity index (χ0) is 23.5. The Morgan fingerprint density at radius 1 is 0.788 bits per heavy atom. The molecule has 3 heteroatoms. The molecule has 176 valence electrons. The molecule has 0 unspecified atom stereocenters. The van der Waals surface area contributed by atoms with E-state index in [0.717, 1.165) is 18.4 Å². The minimum absolute atomic E-state index is 0.0745. The van der Waals surface area contributed by atoms with Gasteiger partial charge in [0.1, 0.15) is 0 Å². The summed E-state index contributed by atoms with van der Waals surface area (Å²) in [4.78, 5) is 12.8. The molecule has 0 aromatic heterocycles. The number of benzene rings is 2. The first-order valence-corrected chi connectivity index (χ1v) is 12.8. The lowest BCUT2D eigenvalue weighted by Crippen LogP contribution is -2.33. The highest BCUT2D eigenvalue weighted by molar-refractivity contribution is 5.98. The smallest absolute Gasteiger partial charge is 0.247 e. The molecule has 3 nitrogen and oxygen atoms in total. The molecule has 0 saturated heterocycles. The van der Waals surface area contributed by atoms with E-state index in [1.165, 1.54) is 83.2 Å². The second-order valence-electron chi connectivity index (χ2n) is 10.3. The molecule has 0 heterocycles. The van der Waals surface area contributed by atoms with Crippen molar-refractivity contribution in [2.75, 3.05) is 5.32 Å². The highest BCUT2D eigenvalue weighted by atomic mass is 16.1. The van der Waals surface area contributed by atoms with Gasteiger partial charge in [-0.1, -0.05) is 37.8 Å². The van der Waals surface area contributed by atoms with E-state index >= 15 is 0 Å². The van der Waals surface area contributed by atoms with E-state index in [0.29, 0.717) is 12.1 Å². The molecule has 2 aliphatic rings. The van der Waals surface area contributed by atoms with Gasteiger partial charge in [-0.25, -0.2) is 0 Å². The zero-order valence-corrected chi connectivity index (χ0v) is 21.1. The molecule has 0 bridgehead atoms. The van der Waals surface area contributed by atoms with E-state index < -0.39 is 0 Å². The number of nitrogens with one attached hydrogen (secondary N) is 2. The number of carbonyl (C=O) groups is 1. The van der Waals surface area contributed by atoms with Crippen LogP contribution in [0.15, 0.2) is 29.8 Å². The number of hydrogen-bond acceptors (Lipinski definition) is 2. The van der Waals surface area contributed by atoms with Gasteiger partial charge in [-0.05, 0) is 117 Å². The second-order valence-corrected chi connectivity index (χ2v) is 10.3. The van der Waals surface area contributed by atoms with E-state index in [2.05, 4.69) is 68.7 Å². The van der Waals surface area contributed by atoms with Crippen LogP contribution >= 0.6 is 0 Å². The van der Waals surface area contributed by atoms with Crippen molar-refractivity contribution in [2.45, 2.75) is 98.1 Å². The van der Waals surface area contributed by atoms with E-state index in [1.807, 2.05) is 6.92 Å². The van der Waals surface area contributed by atoms with E-state index in [1.54, 1.807) is 0 Å². The van der Waals surface area contributed by atoms with Gasteiger partial charge in [-0.15, -0.1) is 0 Å². The Morgan fingerprint density at radius 2 is 1.30 bits per heavy atom. The summed E-state index contributed by atoms with van der Waals surface area (Å²) >= 11 is 0. The summed E-state index contributed by atoms with van der Waals surface area (Å²) in [6, 6.07) is 9.93. The van der Waals surface area contributed by atoms with Gasteiger partial charge in [-0.2, -0.15) is 0 Å². The molecule has 2 aromatic rings. The third kappa shape index (κ3) is 5.18. The van der Waals surface area contributed by atoms with Crippen LogP contribution in [0, 0.1) is 27.7 Å². The van der Waals surface area contributed by atoms with Crippen LogP contribution in [0.3, 0.4) is 0 Å². The third-order valence-electron chi connectivity index (χ3n) is 7.99. The largest absolute Gasteiger partial charge is 0.382 e. The molecule has 2 aliphatic carbocycles. The first kappa shape index (κ1) is 23.6. The summed E-state index contributed by atoms with van der Waals surface area (Å²) < 4.78 is 0. The van der Waals surface area contributed by atoms with Gasteiger partial charge >= 0.3 is 0 Å². The van der Waals surface area contributed by atoms with Crippen molar-refractivity contribution in [1.82, 2.24) is 5.32 Å². The molecule has 0 aliphatic heterocycles. The maximum Gasteiger partial charge on any atom is 0.247 e. The Labute approximate surface area is 200 Å². The molecule has 2 saturated carbocycles. The Bertz CT molecular complexity index is 1010. The fourth-order valence-electron chi connectivity index (χ4n) is 5.68. The fourth-order valence-corrected chi connectivity index (χ4v) is 5.68. The van der Waals surface area contributed by atoms with Crippen LogP contribution in [-0.2, 0) is 4.79 Å². The first-order chi connectivity index (χ1) is 15.8. The van der Waals surface area contributed by atoms with E-state index in [4.69, 9.17) is 0 Å². The molecule has 1 amide bonds. The van der Waals surface area contributed by atoms with Crippen molar-refractivity contribution < 1.29 is 4.79 Å². The lowest BCUT2D eigenvalue weighted by molar-refractivity contribution is -0.118. The number of anilines is 1. The summed E-state index contributed by atoms with van der Waals surface area (Å²) in [5, 5.41) is 6.91. The van der Waals surface area contributed by atoms with Crippen molar-refractivity contribution in [3.63, 3.8) is 0 Å². The van der Waals surface area contributed by atoms with Crippen LogP contribution in [0.1, 0.15) is 86.1 Å². The lowest BCUT2D eigenvalue weighted by Gasteiger charge is -2.21. The predicted molar refractivity (Wildman–Crippen MR) is 141 cm³/mol. The highest BCUT2D eigenvalue weighted by Gasteiger charge is 2.20. The number of rotatable bonds is 6. The number of amides is 1. The summed E-state index contributed by atoms with van der Waals surface area (Å²) in [7, 11) is 0. The number of hydrogen-bond donors (Lipinski definition) is 2. The Balaban J connectivity index is 1.59. The molecular formula is C30H40N2O. The molecule has 2 aromatic carbocycles. The van der Waals surface area contributed by atoms with Gasteiger partial charge in [0.25, 0.3) is 0 Å². The fraction of sp³-hybridized carbons (Fsp3) is 0.500. The third-order valence-corrected chi connectivity index (χ3v) is 7.99. The normalized spacial score (nSPS) is 17.5. The average Bonchev–Trinajstić information content (AvgIpc) is 3.51. The monoisotopic (exact) mass is 444 g/mol. The minimum Gasteiger partial charge on any atom is -0.382 e. The molecule has 2 N–H and O–H groups in total. The van der Waals surface area contributed by atoms with Crippen LogP contribution in [0.5, 0.6) is 0 Å². The van der Waals surface area contributed by atoms with Crippen molar-refractivity contribution in [3.05, 3.63) is 57.7 Å². The SMILES string of the molecule is C/C(=C\c1c(C)c(C)c(-c2ccc(NC3CCCC3)cc2)c(C)c1C)C(=O)NC1CCCC1. The van der Waals surface area contributed by atoms with Gasteiger partial charge in [0.15, 0.2) is 0 Å². The lowest BCUT2D eigenvalue weighted by atomic mass is 9.85. The summed E-state index contributed by atoms with van der Waals surface area (Å²) in [6.07, 6.45) is 12.0. The molecule has 0 radical (unpaired) electrons. The first-order valence-electron chi connectivity index (χ1n) is 12.8. The van der Waals surface area contributed by atoms with E-state index in [9.17, 15) is 4.79 Å². The molecule has 2 fully saturated rings. The predicted octanol–water partition coefficient (Wildman–Crippen LogP) is 7.40. The van der Waals surface area contributed by atoms with Gasteiger partial charge < -0.3 is 10.6 Å². The van der Waals surface area contributed by atoms with Crippen LogP contribution < -0.4 is 10.6 Å². The molecular weight excluding hydrogens is 404 g/mol. The van der Waals surface area contributed by atoms with E-state index in [-0.39, 0.29) is 5.91 Å². The Morgan fingerprint density at radius 3 is 1.85 bits per heavy atom. The standard InChI is InChI=1S/C30H40N2O/c1-19(30(33)32-26-12-8-9-13-26)18-28-20(2)22(4)29(23(5)21(28)3)24-14-16-27(17-15-24)31-25-10-6-7-11-25/h14-18,25-26,31H,6-13H2,1-5H3,(H,32,33)/b19-18+. The Hall–Kier alpha value is -2.55. The molecule has 33 heavy (non-hydrogen) atoms. The van der Waals surface area contributed by atoms with Crippen molar-refractivity contribution in [1.29, 1.82) is 0 Å². The van der Waals surface area contributed by atoms with Crippen LogP contribution in [0.25, 0.3) is 17.2 Å². The van der Waals surface area contributed by atoms with Crippen molar-refractivity contribution in [3.8, 4) is 11.1 Å². The van der Waals surface area contributed by atoms with Gasteiger partial charge in [-0.3, -0.25) is 4.79 Å². The van der Waals surface area contributed by atoms with Crippen molar-refractivity contribution in [2.24, 2.45) is 0 Å². The van der Waals surface area contributed by atoms with Gasteiger partial charge in [0.05, 0.1) is 0 Å². The number of carbonyl (C=O) groups excluding carboxylic acids is 1. The molecule has 0 atom stereocenters. The summed E-state index contributed by atoms with van der Waals surface area (Å²) in [5.74, 6) is 0.0745. The van der Waals surface area contributed by atoms with Crippen LogP contribution in [-0.4, -0.2) is 18.0 Å². The topological polar surface area (TPSA) is 41.1 Å². The molecule has 4 rings (SSSR count). The summed E-state index contributed by atoms with van der Waals surface area (Å²) in [5.41, 5.74) is 10.9. The zero-order valence-electron chi connectivity index (χ0n) is 21.1.